The lowest BCUT2D eigenvalue weighted by Crippen LogP contribution is -2.30. The Kier molecular flexibility index (Phi) is 45.1. The summed E-state index contributed by atoms with van der Waals surface area (Å²) in [6.45, 7) is 25.1. The van der Waals surface area contributed by atoms with Gasteiger partial charge in [0.2, 0.25) is 0 Å². The molecule has 5 nitrogen and oxygen atoms in total. The fraction of sp³-hybridized carbons (Fsp3) is 0.507. The minimum Gasteiger partial charge on any atom is -0.317 e. The minimum atomic E-state index is 0. The molecule has 3 fully saturated rings. The molecule has 4 aromatic carbocycles. The third kappa shape index (κ3) is 26.2. The summed E-state index contributed by atoms with van der Waals surface area (Å²) in [6, 6.07) is 35.0. The topological polar surface area (TPSA) is 38.8 Å². The first kappa shape index (κ1) is 76.3. The summed E-state index contributed by atoms with van der Waals surface area (Å²) in [5.41, 5.74) is 18.2. The molecule has 0 spiro atoms. The quantitative estimate of drug-likeness (QED) is 0.163. The van der Waals surface area contributed by atoms with Crippen molar-refractivity contribution in [2.45, 2.75) is 141 Å². The number of allylic oxidation sites excluding steroid dienone is 7. The van der Waals surface area contributed by atoms with Crippen molar-refractivity contribution < 1.29 is 4.79 Å². The molecule has 1 N–H and O–H groups in total. The fourth-order valence-electron chi connectivity index (χ4n) is 10.5. The Balaban J connectivity index is 0.000000923. The molecule has 0 saturated carbocycles. The van der Waals surface area contributed by atoms with E-state index in [1.54, 1.807) is 16.7 Å². The Morgan fingerprint density at radius 3 is 1.35 bits per heavy atom. The van der Waals surface area contributed by atoms with Crippen molar-refractivity contribution in [3.63, 3.8) is 0 Å². The first-order valence-electron chi connectivity index (χ1n) is 29.4. The van der Waals surface area contributed by atoms with Crippen LogP contribution in [0.25, 0.3) is 22.8 Å². The van der Waals surface area contributed by atoms with Gasteiger partial charge in [0.25, 0.3) is 0 Å². The van der Waals surface area contributed by atoms with Gasteiger partial charge in [0.1, 0.15) is 5.78 Å². The molecule has 3 saturated heterocycles. The maximum atomic E-state index is 10.6. The highest BCUT2D eigenvalue weighted by Gasteiger charge is 2.26. The van der Waals surface area contributed by atoms with Gasteiger partial charge in [0.05, 0.1) is 2.43 Å². The van der Waals surface area contributed by atoms with E-state index in [4.69, 9.17) is 0 Å². The third-order valence-electron chi connectivity index (χ3n) is 14.5. The highest BCUT2D eigenvalue weighted by atomic mass is 127. The molecule has 0 atom stereocenters. The predicted octanol–water partition coefficient (Wildman–Crippen LogP) is 19.3. The van der Waals surface area contributed by atoms with E-state index < -0.39 is 0 Å². The maximum absolute atomic E-state index is 10.6. The van der Waals surface area contributed by atoms with Gasteiger partial charge >= 0.3 is 0 Å². The van der Waals surface area contributed by atoms with Crippen LogP contribution in [0.5, 0.6) is 0 Å². The Morgan fingerprint density at radius 2 is 0.886 bits per heavy atom. The van der Waals surface area contributed by atoms with Gasteiger partial charge in [-0.2, -0.15) is 0 Å². The second kappa shape index (κ2) is 46.7. The van der Waals surface area contributed by atoms with Gasteiger partial charge in [0, 0.05) is 39.0 Å². The van der Waals surface area contributed by atoms with Crippen molar-refractivity contribution in [2.75, 3.05) is 80.9 Å². The minimum absolute atomic E-state index is 0. The van der Waals surface area contributed by atoms with Crippen LogP contribution in [0.3, 0.4) is 0 Å². The SMILES string of the molecule is C.C.C1=C(C2CCNCC2)c2ccccc2C1.C1=Cc2ccccc2C1.CC.CC.CC.CC.CI.CN1CC=C(C2=CCc3ccccc32)CC1.CN1CCC(=O)CC1.CN1CCC(C2=CCc3ccccc32)CC1.ICI. The standard InChI is InChI=1S/C15H19N.C15H17N.C14H17N.C9H8.C6H11NO.4C2H6.CH2I2.CH3I.2CH4/c2*1-16-10-8-13(9-11-16)15-7-6-12-4-2-3-5-14(12)15;1-2-4-13-11(3-1)5-6-14(13)12-7-9-15-10-8-12;1-2-5-9-7-3-6-8(9)4-1;1-7-4-2-6(8)3-5-7;4*1-2;2-1-3;1-2;;/h2-5,7,13H,6,8-11H2,1H3;2-5,7-8H,6,9-11H2,1H3;1-4,6,12,15H,5,7-10H2;1-6H,7H2;2-5H2,1H3;4*1-2H3;1H2;1H3;2*1H4. The molecule has 4 aromatic rings. The zero-order valence-electron chi connectivity index (χ0n) is 49.9. The first-order valence-corrected chi connectivity index (χ1v) is 34.6. The summed E-state index contributed by atoms with van der Waals surface area (Å²) in [7, 11) is 6.46. The van der Waals surface area contributed by atoms with Gasteiger partial charge in [0.15, 0.2) is 0 Å². The lowest BCUT2D eigenvalue weighted by atomic mass is 9.86. The number of ketones is 1. The van der Waals surface area contributed by atoms with E-state index >= 15 is 0 Å². The molecular formula is C71H109I3N4O. The van der Waals surface area contributed by atoms with Crippen LogP contribution in [0.1, 0.15) is 160 Å². The van der Waals surface area contributed by atoms with Crippen molar-refractivity contribution in [2.24, 2.45) is 11.8 Å². The summed E-state index contributed by atoms with van der Waals surface area (Å²) < 4.78 is 1.19. The second-order valence-electron chi connectivity index (χ2n) is 19.1. The second-order valence-corrected chi connectivity index (χ2v) is 23.6. The number of nitrogens with one attached hydrogen (secondary N) is 1. The maximum Gasteiger partial charge on any atom is 0.135 e. The van der Waals surface area contributed by atoms with Crippen LogP contribution >= 0.6 is 67.8 Å². The van der Waals surface area contributed by atoms with Crippen molar-refractivity contribution >= 4 is 96.4 Å². The molecule has 79 heavy (non-hydrogen) atoms. The summed E-state index contributed by atoms with van der Waals surface area (Å²) in [6.07, 6.45) is 26.6. The summed E-state index contributed by atoms with van der Waals surface area (Å²) in [5, 5.41) is 3.43. The normalized spacial score (nSPS) is 17.2. The van der Waals surface area contributed by atoms with E-state index in [2.05, 4.69) is 235 Å². The summed E-state index contributed by atoms with van der Waals surface area (Å²) in [5.74, 6) is 2.03. The van der Waals surface area contributed by atoms with Crippen LogP contribution in [-0.2, 0) is 30.5 Å². The van der Waals surface area contributed by atoms with E-state index in [-0.39, 0.29) is 14.9 Å². The van der Waals surface area contributed by atoms with E-state index in [0.29, 0.717) is 5.78 Å². The van der Waals surface area contributed by atoms with Crippen LogP contribution < -0.4 is 5.32 Å². The van der Waals surface area contributed by atoms with E-state index in [9.17, 15) is 4.79 Å². The predicted molar refractivity (Wildman–Crippen MR) is 383 cm³/mol. The van der Waals surface area contributed by atoms with Crippen LogP contribution in [0.2, 0.25) is 0 Å². The average Bonchev–Trinajstić information content (AvgIpc) is 4.37. The lowest BCUT2D eigenvalue weighted by Gasteiger charge is -2.30. The number of halogens is 3. The average molecular weight is 1420 g/mol. The van der Waals surface area contributed by atoms with Gasteiger partial charge < -0.3 is 20.0 Å². The van der Waals surface area contributed by atoms with Crippen molar-refractivity contribution in [1.29, 1.82) is 0 Å². The number of nitrogens with zero attached hydrogens (tertiary/aromatic N) is 3. The van der Waals surface area contributed by atoms with Crippen molar-refractivity contribution in [3.8, 4) is 0 Å². The van der Waals surface area contributed by atoms with E-state index in [0.717, 1.165) is 70.0 Å². The number of likely N-dealkylation sites (N-methyl/N-ethyl adjacent to an activating group) is 1. The van der Waals surface area contributed by atoms with Crippen LogP contribution in [0.4, 0.5) is 0 Å². The van der Waals surface area contributed by atoms with E-state index in [1.807, 2.05) is 67.4 Å². The molecule has 0 radical (unpaired) electrons. The smallest absolute Gasteiger partial charge is 0.135 e. The molecule has 12 rings (SSSR count). The third-order valence-corrected chi connectivity index (χ3v) is 14.5. The number of fused-ring (bicyclic) bond motifs is 4. The highest BCUT2D eigenvalue weighted by molar-refractivity contribution is 14.2. The van der Waals surface area contributed by atoms with Crippen LogP contribution in [0.15, 0.2) is 133 Å². The molecule has 440 valence electrons. The van der Waals surface area contributed by atoms with Crippen LogP contribution in [-0.4, -0.2) is 101 Å². The van der Waals surface area contributed by atoms with Crippen molar-refractivity contribution in [1.82, 2.24) is 20.0 Å². The van der Waals surface area contributed by atoms with Gasteiger partial charge in [-0.05, 0) is 189 Å². The van der Waals surface area contributed by atoms with Gasteiger partial charge in [-0.25, -0.2) is 0 Å². The molecule has 0 aromatic heterocycles. The number of alkyl halides is 3. The van der Waals surface area contributed by atoms with Gasteiger partial charge in [-0.1, -0.05) is 272 Å². The molecular weight excluding hydrogens is 1310 g/mol. The number of piperidine rings is 3. The number of rotatable bonds is 3. The number of benzene rings is 4. The molecule has 4 aliphatic carbocycles. The molecule has 8 aliphatic rings. The Bertz CT molecular complexity index is 2380. The summed E-state index contributed by atoms with van der Waals surface area (Å²) >= 11 is 6.70. The molecule has 0 amide bonds. The zero-order chi connectivity index (χ0) is 56.8. The fourth-order valence-corrected chi connectivity index (χ4v) is 10.5. The monoisotopic (exact) mass is 1410 g/mol. The Morgan fingerprint density at radius 1 is 0.481 bits per heavy atom. The lowest BCUT2D eigenvalue weighted by molar-refractivity contribution is -0.121. The number of carbonyl (C=O) groups is 1. The van der Waals surface area contributed by atoms with Gasteiger partial charge in [-0.15, -0.1) is 0 Å². The number of hydrogen-bond donors (Lipinski definition) is 1. The Hall–Kier alpha value is -2.72. The Labute approximate surface area is 527 Å². The number of hydrogen-bond acceptors (Lipinski definition) is 5. The number of carbonyl (C=O) groups excluding carboxylic acids is 1. The first-order chi connectivity index (χ1) is 37.8. The number of likely N-dealkylation sites (tertiary alicyclic amines) is 2. The highest BCUT2D eigenvalue weighted by Crippen LogP contribution is 2.39. The zero-order valence-corrected chi connectivity index (χ0v) is 56.4. The number of Topliss-reactive ketones (excluding diaryl/α,β-unsaturated/α-hetero) is 1. The van der Waals surface area contributed by atoms with Crippen molar-refractivity contribution in [3.05, 3.63) is 178 Å². The molecule has 4 heterocycles. The largest absolute Gasteiger partial charge is 0.317 e. The molecule has 0 unspecified atom stereocenters. The van der Waals surface area contributed by atoms with Crippen LogP contribution in [0, 0.1) is 11.8 Å². The molecule has 8 heteroatoms. The molecule has 0 bridgehead atoms. The molecule has 4 aliphatic heterocycles. The van der Waals surface area contributed by atoms with E-state index in [1.165, 1.54) is 117 Å². The van der Waals surface area contributed by atoms with Gasteiger partial charge in [-0.3, -0.25) is 4.79 Å². The summed E-state index contributed by atoms with van der Waals surface area (Å²) in [4.78, 5) is 19.5.